The number of carbonyl (C=O) groups excluding carboxylic acids is 1. The molecule has 25 heavy (non-hydrogen) atoms. The van der Waals surface area contributed by atoms with Crippen LogP contribution in [-0.4, -0.2) is 60.0 Å². The summed E-state index contributed by atoms with van der Waals surface area (Å²) in [5.41, 5.74) is 0.588. The molecule has 3 rings (SSSR count). The monoisotopic (exact) mass is 364 g/mol. The van der Waals surface area contributed by atoms with Crippen molar-refractivity contribution in [1.82, 2.24) is 14.8 Å². The van der Waals surface area contributed by atoms with Gasteiger partial charge in [0, 0.05) is 32.4 Å². The van der Waals surface area contributed by atoms with Crippen molar-refractivity contribution >= 4 is 23.3 Å². The molecule has 2 saturated heterocycles. The fraction of sp³-hybridized carbons (Fsp3) is 0.684. The molecule has 0 bridgehead atoms. The summed E-state index contributed by atoms with van der Waals surface area (Å²) in [7, 11) is 0. The SMILES string of the molecule is O=C(c1cnc(NCCN2CCCCCC2)c(Cl)c1)N1CCCCC1. The average Bonchev–Trinajstić information content (AvgIpc) is 2.92. The second-order valence-electron chi connectivity index (χ2n) is 7.09. The maximum atomic E-state index is 12.5. The molecule has 0 spiro atoms. The van der Waals surface area contributed by atoms with Gasteiger partial charge in [-0.05, 0) is 51.3 Å². The summed E-state index contributed by atoms with van der Waals surface area (Å²) in [5.74, 6) is 0.719. The number of carbonyl (C=O) groups is 1. The maximum absolute atomic E-state index is 12.5. The van der Waals surface area contributed by atoms with Crippen LogP contribution in [0.25, 0.3) is 0 Å². The van der Waals surface area contributed by atoms with Crippen molar-refractivity contribution in [3.63, 3.8) is 0 Å². The third-order valence-electron chi connectivity index (χ3n) is 5.15. The Labute approximate surface area is 155 Å². The first-order valence-electron chi connectivity index (χ1n) is 9.65. The second-order valence-corrected chi connectivity index (χ2v) is 7.50. The molecule has 2 aliphatic heterocycles. The lowest BCUT2D eigenvalue weighted by Crippen LogP contribution is -2.35. The van der Waals surface area contributed by atoms with E-state index in [0.29, 0.717) is 16.4 Å². The molecule has 1 N–H and O–H groups in total. The third-order valence-corrected chi connectivity index (χ3v) is 5.44. The van der Waals surface area contributed by atoms with Gasteiger partial charge in [0.1, 0.15) is 5.82 Å². The first-order valence-corrected chi connectivity index (χ1v) is 10.0. The molecule has 5 nitrogen and oxygen atoms in total. The predicted octanol–water partition coefficient (Wildman–Crippen LogP) is 3.65. The van der Waals surface area contributed by atoms with Gasteiger partial charge in [-0.2, -0.15) is 0 Å². The van der Waals surface area contributed by atoms with Crippen LogP contribution in [0.4, 0.5) is 5.82 Å². The van der Waals surface area contributed by atoms with E-state index in [0.717, 1.165) is 39.0 Å². The van der Waals surface area contributed by atoms with Crippen LogP contribution in [0.3, 0.4) is 0 Å². The molecule has 1 amide bonds. The topological polar surface area (TPSA) is 48.5 Å². The third kappa shape index (κ3) is 5.32. The van der Waals surface area contributed by atoms with Gasteiger partial charge in [-0.3, -0.25) is 4.79 Å². The van der Waals surface area contributed by atoms with Crippen molar-refractivity contribution in [1.29, 1.82) is 0 Å². The van der Waals surface area contributed by atoms with Crippen molar-refractivity contribution < 1.29 is 4.79 Å². The summed E-state index contributed by atoms with van der Waals surface area (Å²) < 4.78 is 0. The van der Waals surface area contributed by atoms with E-state index in [9.17, 15) is 4.79 Å². The van der Waals surface area contributed by atoms with E-state index in [1.807, 2.05) is 4.90 Å². The zero-order valence-electron chi connectivity index (χ0n) is 15.0. The van der Waals surface area contributed by atoms with E-state index in [2.05, 4.69) is 15.2 Å². The minimum Gasteiger partial charge on any atom is -0.368 e. The summed E-state index contributed by atoms with van der Waals surface area (Å²) in [4.78, 5) is 21.3. The minimum atomic E-state index is 0.0465. The Morgan fingerprint density at radius 2 is 1.68 bits per heavy atom. The number of pyridine rings is 1. The molecule has 0 radical (unpaired) electrons. The van der Waals surface area contributed by atoms with Crippen molar-refractivity contribution in [2.45, 2.75) is 44.9 Å². The van der Waals surface area contributed by atoms with Gasteiger partial charge >= 0.3 is 0 Å². The number of likely N-dealkylation sites (tertiary alicyclic amines) is 2. The zero-order chi connectivity index (χ0) is 17.5. The molecule has 0 atom stereocenters. The zero-order valence-corrected chi connectivity index (χ0v) is 15.7. The lowest BCUT2D eigenvalue weighted by atomic mass is 10.1. The van der Waals surface area contributed by atoms with Crippen LogP contribution in [0.2, 0.25) is 5.02 Å². The van der Waals surface area contributed by atoms with Crippen LogP contribution in [0.15, 0.2) is 12.3 Å². The van der Waals surface area contributed by atoms with Crippen LogP contribution in [0.1, 0.15) is 55.3 Å². The number of anilines is 1. The van der Waals surface area contributed by atoms with Gasteiger partial charge in [0.2, 0.25) is 0 Å². The van der Waals surface area contributed by atoms with Crippen LogP contribution in [0, 0.1) is 0 Å². The highest BCUT2D eigenvalue weighted by atomic mass is 35.5. The summed E-state index contributed by atoms with van der Waals surface area (Å²) in [5, 5.41) is 3.84. The maximum Gasteiger partial charge on any atom is 0.255 e. The highest BCUT2D eigenvalue weighted by molar-refractivity contribution is 6.33. The number of halogens is 1. The standard InChI is InChI=1S/C19H29ClN4O/c20-17-14-16(19(25)24-11-6-3-7-12-24)15-22-18(17)21-8-13-23-9-4-1-2-5-10-23/h14-15H,1-13H2,(H,21,22). The second kappa shape index (κ2) is 9.39. The van der Waals surface area contributed by atoms with E-state index >= 15 is 0 Å². The molecule has 2 fully saturated rings. The number of amides is 1. The van der Waals surface area contributed by atoms with E-state index in [1.165, 1.54) is 45.2 Å². The predicted molar refractivity (Wildman–Crippen MR) is 102 cm³/mol. The molecule has 1 aromatic heterocycles. The highest BCUT2D eigenvalue weighted by Gasteiger charge is 2.19. The number of nitrogens with zero attached hydrogens (tertiary/aromatic N) is 3. The Kier molecular flexibility index (Phi) is 6.93. The number of hydrogen-bond donors (Lipinski definition) is 1. The molecule has 3 heterocycles. The van der Waals surface area contributed by atoms with Crippen LogP contribution < -0.4 is 5.32 Å². The number of rotatable bonds is 5. The van der Waals surface area contributed by atoms with E-state index in [-0.39, 0.29) is 5.91 Å². The smallest absolute Gasteiger partial charge is 0.255 e. The molecule has 0 aromatic carbocycles. The fourth-order valence-electron chi connectivity index (χ4n) is 3.66. The van der Waals surface area contributed by atoms with E-state index in [1.54, 1.807) is 12.3 Å². The molecule has 2 aliphatic rings. The molecule has 0 unspecified atom stereocenters. The molecular weight excluding hydrogens is 336 g/mol. The minimum absolute atomic E-state index is 0.0465. The number of nitrogens with one attached hydrogen (secondary N) is 1. The van der Waals surface area contributed by atoms with Crippen molar-refractivity contribution in [3.05, 3.63) is 22.8 Å². The van der Waals surface area contributed by atoms with Crippen LogP contribution in [-0.2, 0) is 0 Å². The summed E-state index contributed by atoms with van der Waals surface area (Å²) >= 11 is 6.35. The Balaban J connectivity index is 1.51. The number of piperidine rings is 1. The molecule has 6 heteroatoms. The van der Waals surface area contributed by atoms with E-state index in [4.69, 9.17) is 11.6 Å². The lowest BCUT2D eigenvalue weighted by molar-refractivity contribution is 0.0724. The average molecular weight is 365 g/mol. The Morgan fingerprint density at radius 1 is 1.04 bits per heavy atom. The summed E-state index contributed by atoms with van der Waals surface area (Å²) in [6.07, 6.45) is 10.3. The van der Waals surface area contributed by atoms with Crippen molar-refractivity contribution in [2.75, 3.05) is 44.6 Å². The van der Waals surface area contributed by atoms with Crippen molar-refractivity contribution in [2.24, 2.45) is 0 Å². The van der Waals surface area contributed by atoms with Crippen LogP contribution >= 0.6 is 11.6 Å². The van der Waals surface area contributed by atoms with Crippen LogP contribution in [0.5, 0.6) is 0 Å². The first-order chi connectivity index (χ1) is 12.2. The highest BCUT2D eigenvalue weighted by Crippen LogP contribution is 2.22. The Morgan fingerprint density at radius 3 is 2.36 bits per heavy atom. The Bertz CT molecular complexity index is 567. The largest absolute Gasteiger partial charge is 0.368 e. The first kappa shape index (κ1) is 18.5. The number of hydrogen-bond acceptors (Lipinski definition) is 4. The normalized spacial score (nSPS) is 19.5. The molecule has 1 aromatic rings. The molecule has 0 aliphatic carbocycles. The fourth-order valence-corrected chi connectivity index (χ4v) is 3.89. The molecular formula is C19H29ClN4O. The number of aromatic nitrogens is 1. The van der Waals surface area contributed by atoms with Gasteiger partial charge in [-0.25, -0.2) is 4.98 Å². The molecule has 138 valence electrons. The summed E-state index contributed by atoms with van der Waals surface area (Å²) in [6, 6.07) is 1.75. The van der Waals surface area contributed by atoms with Gasteiger partial charge in [0.05, 0.1) is 10.6 Å². The van der Waals surface area contributed by atoms with Gasteiger partial charge in [-0.15, -0.1) is 0 Å². The van der Waals surface area contributed by atoms with E-state index < -0.39 is 0 Å². The quantitative estimate of drug-likeness (QED) is 0.866. The molecule has 0 saturated carbocycles. The van der Waals surface area contributed by atoms with Gasteiger partial charge in [0.25, 0.3) is 5.91 Å². The van der Waals surface area contributed by atoms with Gasteiger partial charge < -0.3 is 15.1 Å². The van der Waals surface area contributed by atoms with Gasteiger partial charge in [-0.1, -0.05) is 24.4 Å². The summed E-state index contributed by atoms with van der Waals surface area (Å²) in [6.45, 7) is 5.88. The van der Waals surface area contributed by atoms with Crippen molar-refractivity contribution in [3.8, 4) is 0 Å². The Hall–Kier alpha value is -1.33. The lowest BCUT2D eigenvalue weighted by Gasteiger charge is -2.26. The van der Waals surface area contributed by atoms with Gasteiger partial charge in [0.15, 0.2) is 0 Å².